The Bertz CT molecular complexity index is 1010. The molecule has 0 aliphatic rings. The van der Waals surface area contributed by atoms with E-state index in [0.29, 0.717) is 0 Å². The first kappa shape index (κ1) is 24.1. The Morgan fingerprint density at radius 2 is 1.66 bits per heavy atom. The van der Waals surface area contributed by atoms with Gasteiger partial charge in [-0.15, -0.1) is 0 Å². The van der Waals surface area contributed by atoms with Crippen molar-refractivity contribution in [3.63, 3.8) is 0 Å². The van der Waals surface area contributed by atoms with Gasteiger partial charge in [0.25, 0.3) is 5.91 Å². The molecule has 0 bridgehead atoms. The van der Waals surface area contributed by atoms with Crippen LogP contribution in [-0.4, -0.2) is 62.7 Å². The van der Waals surface area contributed by atoms with Crippen molar-refractivity contribution in [1.29, 1.82) is 0 Å². The number of amides is 3. The largest absolute Gasteiger partial charge is 0.460 e. The minimum absolute atomic E-state index is 0.00904. The van der Waals surface area contributed by atoms with Gasteiger partial charge in [0.15, 0.2) is 11.6 Å². The number of esters is 1. The molecule has 3 N–H and O–H groups in total. The number of aromatic nitrogens is 4. The van der Waals surface area contributed by atoms with Gasteiger partial charge in [-0.25, -0.2) is 19.6 Å². The highest BCUT2D eigenvalue weighted by atomic mass is 16.5. The summed E-state index contributed by atoms with van der Waals surface area (Å²) < 4.78 is 12.5. The number of rotatable bonds is 10. The molecule has 2 rings (SSSR count). The third kappa shape index (κ3) is 6.68. The third-order valence-corrected chi connectivity index (χ3v) is 3.88. The van der Waals surface area contributed by atoms with Gasteiger partial charge in [-0.2, -0.15) is 0 Å². The molecule has 172 valence electrons. The Balaban J connectivity index is 1.92. The van der Waals surface area contributed by atoms with Crippen LogP contribution in [0.2, 0.25) is 0 Å². The van der Waals surface area contributed by atoms with Crippen LogP contribution < -0.4 is 16.0 Å². The first-order chi connectivity index (χ1) is 15.2. The first-order valence-corrected chi connectivity index (χ1v) is 9.61. The van der Waals surface area contributed by atoms with E-state index in [1.54, 1.807) is 21.0 Å². The van der Waals surface area contributed by atoms with Crippen LogP contribution in [0.15, 0.2) is 25.0 Å². The molecule has 0 saturated carbocycles. The molecule has 2 aromatic heterocycles. The van der Waals surface area contributed by atoms with E-state index < -0.39 is 23.9 Å². The minimum atomic E-state index is -0.657. The summed E-state index contributed by atoms with van der Waals surface area (Å²) in [7, 11) is 3.18. The lowest BCUT2D eigenvalue weighted by molar-refractivity contribution is -0.116. The molecule has 0 aliphatic carbocycles. The van der Waals surface area contributed by atoms with E-state index in [1.807, 2.05) is 0 Å². The smallest absolute Gasteiger partial charge is 0.407 e. The van der Waals surface area contributed by atoms with E-state index in [9.17, 15) is 19.2 Å². The normalized spacial score (nSPS) is 10.2. The standard InChI is InChI=1S/C19H25N7O6/c1-5-9-32-19(30)20-8-7-14(27)21-12-10-25(3)15(22-12)17(28)24-13-11-26(4)16(23-13)18(29)31-6-2/h5,10-11H,1,6-9H2,2-4H3,(H,20,30)(H,21,27)(H,24,28). The van der Waals surface area contributed by atoms with E-state index in [4.69, 9.17) is 9.47 Å². The van der Waals surface area contributed by atoms with Crippen LogP contribution >= 0.6 is 0 Å². The van der Waals surface area contributed by atoms with Gasteiger partial charge in [-0.05, 0) is 6.92 Å². The summed E-state index contributed by atoms with van der Waals surface area (Å²) in [6.07, 6.45) is 3.67. The summed E-state index contributed by atoms with van der Waals surface area (Å²) in [4.78, 5) is 55.8. The van der Waals surface area contributed by atoms with Crippen molar-refractivity contribution in [3.05, 3.63) is 36.7 Å². The number of anilines is 2. The molecular weight excluding hydrogens is 422 g/mol. The molecule has 0 atom stereocenters. The van der Waals surface area contributed by atoms with Crippen molar-refractivity contribution in [3.8, 4) is 0 Å². The zero-order valence-corrected chi connectivity index (χ0v) is 18.0. The van der Waals surface area contributed by atoms with E-state index in [2.05, 4.69) is 32.5 Å². The second kappa shape index (κ2) is 11.3. The van der Waals surface area contributed by atoms with Gasteiger partial charge in [0.1, 0.15) is 6.61 Å². The molecule has 13 heteroatoms. The number of nitrogens with zero attached hydrogens (tertiary/aromatic N) is 4. The van der Waals surface area contributed by atoms with E-state index >= 15 is 0 Å². The number of ether oxygens (including phenoxy) is 2. The monoisotopic (exact) mass is 447 g/mol. The number of aryl methyl sites for hydroxylation is 2. The van der Waals surface area contributed by atoms with Crippen LogP contribution in [0, 0.1) is 0 Å². The topological polar surface area (TPSA) is 158 Å². The Morgan fingerprint density at radius 1 is 1.03 bits per heavy atom. The highest BCUT2D eigenvalue weighted by molar-refractivity contribution is 6.02. The number of hydrogen-bond acceptors (Lipinski definition) is 8. The molecule has 0 fully saturated rings. The SMILES string of the molecule is C=CCOC(=O)NCCC(=O)Nc1cn(C)c(C(=O)Nc2cn(C)c(C(=O)OCC)n2)n1. The summed E-state index contributed by atoms with van der Waals surface area (Å²) in [5, 5.41) is 7.50. The van der Waals surface area contributed by atoms with Crippen LogP contribution in [-0.2, 0) is 28.4 Å². The number of alkyl carbamates (subject to hydrolysis) is 1. The van der Waals surface area contributed by atoms with Gasteiger partial charge in [-0.3, -0.25) is 9.59 Å². The molecule has 2 heterocycles. The lowest BCUT2D eigenvalue weighted by Gasteiger charge is -2.05. The predicted molar refractivity (Wildman–Crippen MR) is 113 cm³/mol. The molecule has 2 aromatic rings. The Morgan fingerprint density at radius 3 is 2.31 bits per heavy atom. The van der Waals surface area contributed by atoms with Crippen LogP contribution in [0.5, 0.6) is 0 Å². The molecule has 0 unspecified atom stereocenters. The minimum Gasteiger partial charge on any atom is -0.460 e. The van der Waals surface area contributed by atoms with E-state index in [1.165, 1.54) is 27.6 Å². The van der Waals surface area contributed by atoms with Crippen LogP contribution in [0.4, 0.5) is 16.4 Å². The average molecular weight is 447 g/mol. The lowest BCUT2D eigenvalue weighted by atomic mass is 10.4. The average Bonchev–Trinajstić information content (AvgIpc) is 3.28. The van der Waals surface area contributed by atoms with E-state index in [0.717, 1.165) is 0 Å². The summed E-state index contributed by atoms with van der Waals surface area (Å²) >= 11 is 0. The quantitative estimate of drug-likeness (QED) is 0.357. The number of carbonyl (C=O) groups excluding carboxylic acids is 4. The van der Waals surface area contributed by atoms with Crippen molar-refractivity contribution in [2.45, 2.75) is 13.3 Å². The number of carbonyl (C=O) groups is 4. The summed E-state index contributed by atoms with van der Waals surface area (Å²) in [5.74, 6) is -1.27. The Kier molecular flexibility index (Phi) is 8.51. The molecule has 0 saturated heterocycles. The second-order valence-electron chi connectivity index (χ2n) is 6.41. The first-order valence-electron chi connectivity index (χ1n) is 9.61. The zero-order chi connectivity index (χ0) is 23.7. The van der Waals surface area contributed by atoms with Crippen LogP contribution in [0.25, 0.3) is 0 Å². The van der Waals surface area contributed by atoms with Crippen molar-refractivity contribution < 1.29 is 28.7 Å². The molecule has 32 heavy (non-hydrogen) atoms. The number of hydrogen-bond donors (Lipinski definition) is 3. The van der Waals surface area contributed by atoms with Gasteiger partial charge in [0, 0.05) is 39.5 Å². The number of nitrogens with one attached hydrogen (secondary N) is 3. The lowest BCUT2D eigenvalue weighted by Crippen LogP contribution is -2.28. The maximum atomic E-state index is 12.5. The molecule has 0 radical (unpaired) electrons. The van der Waals surface area contributed by atoms with Gasteiger partial charge in [0.2, 0.25) is 17.6 Å². The maximum Gasteiger partial charge on any atom is 0.407 e. The Labute approximate surface area is 183 Å². The summed E-state index contributed by atoms with van der Waals surface area (Å²) in [6, 6.07) is 0. The highest BCUT2D eigenvalue weighted by Crippen LogP contribution is 2.12. The predicted octanol–water partition coefficient (Wildman–Crippen LogP) is 0.823. The molecule has 13 nitrogen and oxygen atoms in total. The molecule has 0 aliphatic heterocycles. The van der Waals surface area contributed by atoms with Crippen molar-refractivity contribution in [1.82, 2.24) is 24.4 Å². The third-order valence-electron chi connectivity index (χ3n) is 3.88. The molecule has 0 spiro atoms. The molecule has 3 amide bonds. The molecule has 0 aromatic carbocycles. The fourth-order valence-corrected chi connectivity index (χ4v) is 2.49. The summed E-state index contributed by atoms with van der Waals surface area (Å²) in [6.45, 7) is 5.43. The second-order valence-corrected chi connectivity index (χ2v) is 6.41. The fraction of sp³-hybridized carbons (Fsp3) is 0.368. The van der Waals surface area contributed by atoms with Crippen molar-refractivity contribution >= 4 is 35.5 Å². The zero-order valence-electron chi connectivity index (χ0n) is 18.0. The molecular formula is C19H25N7O6. The van der Waals surface area contributed by atoms with Gasteiger partial charge in [-0.1, -0.05) is 12.7 Å². The van der Waals surface area contributed by atoms with Gasteiger partial charge < -0.3 is 34.6 Å². The number of imidazole rings is 2. The van der Waals surface area contributed by atoms with E-state index in [-0.39, 0.29) is 49.5 Å². The highest BCUT2D eigenvalue weighted by Gasteiger charge is 2.19. The van der Waals surface area contributed by atoms with Crippen LogP contribution in [0.1, 0.15) is 34.6 Å². The van der Waals surface area contributed by atoms with Gasteiger partial charge >= 0.3 is 12.1 Å². The maximum absolute atomic E-state index is 12.5. The van der Waals surface area contributed by atoms with Crippen molar-refractivity contribution in [2.24, 2.45) is 14.1 Å². The summed E-state index contributed by atoms with van der Waals surface area (Å²) in [5.41, 5.74) is 0. The van der Waals surface area contributed by atoms with Gasteiger partial charge in [0.05, 0.1) is 6.61 Å². The fourth-order valence-electron chi connectivity index (χ4n) is 2.49. The van der Waals surface area contributed by atoms with Crippen molar-refractivity contribution in [2.75, 3.05) is 30.4 Å². The van der Waals surface area contributed by atoms with Crippen LogP contribution in [0.3, 0.4) is 0 Å². The Hall–Kier alpha value is -4.16.